The van der Waals surface area contributed by atoms with Crippen molar-refractivity contribution >= 4 is 29.2 Å². The van der Waals surface area contributed by atoms with Crippen molar-refractivity contribution in [2.24, 2.45) is 0 Å². The number of carbonyl (C=O) groups excluding carboxylic acids is 1. The van der Waals surface area contributed by atoms with Crippen LogP contribution in [0.4, 0.5) is 0 Å². The number of rotatable bonds is 3. The molecule has 2 aromatic rings. The van der Waals surface area contributed by atoms with E-state index in [4.69, 9.17) is 0 Å². The number of carbonyl (C=O) groups is 1. The highest BCUT2D eigenvalue weighted by Crippen LogP contribution is 2.13. The molecule has 1 unspecified atom stereocenters. The molecule has 1 atom stereocenters. The summed E-state index contributed by atoms with van der Waals surface area (Å²) in [4.78, 5) is 14.3. The average Bonchev–Trinajstić information content (AvgIpc) is 2.89. The van der Waals surface area contributed by atoms with Gasteiger partial charge in [-0.15, -0.1) is 12.4 Å². The molecular formula is C15H21ClN4O. The van der Waals surface area contributed by atoms with E-state index in [-0.39, 0.29) is 18.3 Å². The van der Waals surface area contributed by atoms with Crippen LogP contribution in [0.15, 0.2) is 30.5 Å². The summed E-state index contributed by atoms with van der Waals surface area (Å²) in [5.41, 5.74) is 0.937. The van der Waals surface area contributed by atoms with Gasteiger partial charge in [-0.3, -0.25) is 9.48 Å². The zero-order chi connectivity index (χ0) is 13.9. The number of piperidine rings is 1. The maximum atomic E-state index is 12.3. The molecule has 0 saturated carbocycles. The molecule has 1 aliphatic heterocycles. The smallest absolute Gasteiger partial charge is 0.244 e. The van der Waals surface area contributed by atoms with E-state index in [1.807, 2.05) is 42.4 Å². The first-order valence-corrected chi connectivity index (χ1v) is 7.13. The Hall–Kier alpha value is -1.59. The van der Waals surface area contributed by atoms with E-state index < -0.39 is 0 Å². The van der Waals surface area contributed by atoms with Crippen molar-refractivity contribution in [1.29, 1.82) is 0 Å². The van der Waals surface area contributed by atoms with Gasteiger partial charge in [-0.1, -0.05) is 18.2 Å². The van der Waals surface area contributed by atoms with Gasteiger partial charge in [0.25, 0.3) is 0 Å². The third-order valence-corrected chi connectivity index (χ3v) is 3.94. The largest absolute Gasteiger partial charge is 0.340 e. The molecule has 1 aromatic heterocycles. The molecule has 1 fully saturated rings. The predicted molar refractivity (Wildman–Crippen MR) is 85.6 cm³/mol. The molecule has 0 radical (unpaired) electrons. The lowest BCUT2D eigenvalue weighted by molar-refractivity contribution is -0.133. The molecule has 2 heterocycles. The number of benzene rings is 1. The van der Waals surface area contributed by atoms with Gasteiger partial charge in [-0.05, 0) is 26.0 Å². The van der Waals surface area contributed by atoms with E-state index in [1.165, 1.54) is 0 Å². The number of halogens is 1. The van der Waals surface area contributed by atoms with Crippen LogP contribution in [0.5, 0.6) is 0 Å². The minimum atomic E-state index is 0. The molecule has 1 amide bonds. The third-order valence-electron chi connectivity index (χ3n) is 3.94. The molecule has 3 rings (SSSR count). The summed E-state index contributed by atoms with van der Waals surface area (Å²) in [6.45, 7) is 1.99. The second-order valence-corrected chi connectivity index (χ2v) is 5.35. The van der Waals surface area contributed by atoms with Crippen molar-refractivity contribution in [2.75, 3.05) is 20.1 Å². The number of nitrogens with zero attached hydrogens (tertiary/aromatic N) is 3. The van der Waals surface area contributed by atoms with Crippen molar-refractivity contribution in [3.8, 4) is 0 Å². The highest BCUT2D eigenvalue weighted by atomic mass is 35.5. The second-order valence-electron chi connectivity index (χ2n) is 5.35. The van der Waals surface area contributed by atoms with E-state index in [2.05, 4.69) is 10.4 Å². The Labute approximate surface area is 130 Å². The summed E-state index contributed by atoms with van der Waals surface area (Å²) < 4.78 is 1.75. The molecule has 21 heavy (non-hydrogen) atoms. The Morgan fingerprint density at radius 2 is 2.24 bits per heavy atom. The molecule has 0 spiro atoms. The zero-order valence-electron chi connectivity index (χ0n) is 12.2. The quantitative estimate of drug-likeness (QED) is 0.938. The molecule has 114 valence electrons. The first kappa shape index (κ1) is 15.8. The summed E-state index contributed by atoms with van der Waals surface area (Å²) in [7, 11) is 1.96. The van der Waals surface area contributed by atoms with Crippen LogP contribution in [0.1, 0.15) is 12.8 Å². The van der Waals surface area contributed by atoms with Gasteiger partial charge < -0.3 is 10.2 Å². The van der Waals surface area contributed by atoms with Gasteiger partial charge in [0.05, 0.1) is 5.52 Å². The molecule has 6 heteroatoms. The Kier molecular flexibility index (Phi) is 5.20. The maximum Gasteiger partial charge on any atom is 0.244 e. The fourth-order valence-electron chi connectivity index (χ4n) is 2.77. The number of likely N-dealkylation sites (N-methyl/N-ethyl adjacent to an activating group) is 1. The van der Waals surface area contributed by atoms with Gasteiger partial charge in [-0.2, -0.15) is 5.10 Å². The summed E-state index contributed by atoms with van der Waals surface area (Å²) in [6, 6.07) is 8.35. The Morgan fingerprint density at radius 3 is 3.00 bits per heavy atom. The molecule has 0 bridgehead atoms. The number of hydrogen-bond acceptors (Lipinski definition) is 3. The Bertz CT molecular complexity index is 579. The number of amides is 1. The third kappa shape index (κ3) is 3.54. The van der Waals surface area contributed by atoms with Crippen molar-refractivity contribution in [2.45, 2.75) is 25.4 Å². The monoisotopic (exact) mass is 308 g/mol. The van der Waals surface area contributed by atoms with Crippen LogP contribution in [-0.4, -0.2) is 46.8 Å². The normalized spacial score (nSPS) is 18.5. The number of hydrogen-bond donors (Lipinski definition) is 1. The number of aromatic nitrogens is 2. The standard InChI is InChI=1S/C15H20N4O.ClH/c1-16-13-6-4-8-18(10-13)15(20)11-19-9-12-5-2-3-7-14(12)17-19;/h2-3,5,7,9,13,16H,4,6,8,10-11H2,1H3;1H. The topological polar surface area (TPSA) is 50.2 Å². The van der Waals surface area contributed by atoms with E-state index >= 15 is 0 Å². The molecule has 1 aliphatic rings. The van der Waals surface area contributed by atoms with E-state index in [0.29, 0.717) is 12.6 Å². The van der Waals surface area contributed by atoms with Crippen LogP contribution in [0, 0.1) is 0 Å². The molecule has 0 aliphatic carbocycles. The van der Waals surface area contributed by atoms with Crippen LogP contribution in [0.25, 0.3) is 10.9 Å². The van der Waals surface area contributed by atoms with Gasteiger partial charge in [0.2, 0.25) is 5.91 Å². The fraction of sp³-hybridized carbons (Fsp3) is 0.467. The van der Waals surface area contributed by atoms with Gasteiger partial charge in [0.1, 0.15) is 6.54 Å². The summed E-state index contributed by atoms with van der Waals surface area (Å²) in [6.07, 6.45) is 4.15. The summed E-state index contributed by atoms with van der Waals surface area (Å²) in [5.74, 6) is 0.151. The maximum absolute atomic E-state index is 12.3. The lowest BCUT2D eigenvalue weighted by Gasteiger charge is -2.32. The van der Waals surface area contributed by atoms with Crippen molar-refractivity contribution < 1.29 is 4.79 Å². The van der Waals surface area contributed by atoms with Crippen LogP contribution >= 0.6 is 12.4 Å². The molecule has 1 N–H and O–H groups in total. The van der Waals surface area contributed by atoms with Crippen molar-refractivity contribution in [3.63, 3.8) is 0 Å². The van der Waals surface area contributed by atoms with Gasteiger partial charge in [0, 0.05) is 30.7 Å². The van der Waals surface area contributed by atoms with E-state index in [9.17, 15) is 4.79 Å². The van der Waals surface area contributed by atoms with Gasteiger partial charge >= 0.3 is 0 Å². The Morgan fingerprint density at radius 1 is 1.43 bits per heavy atom. The van der Waals surface area contributed by atoms with Crippen molar-refractivity contribution in [3.05, 3.63) is 30.5 Å². The van der Waals surface area contributed by atoms with Gasteiger partial charge in [0.15, 0.2) is 0 Å². The first-order valence-electron chi connectivity index (χ1n) is 7.13. The second kappa shape index (κ2) is 6.91. The SMILES string of the molecule is CNC1CCCN(C(=O)Cn2cc3ccccc3n2)C1.Cl. The molecule has 1 saturated heterocycles. The van der Waals surface area contributed by atoms with Crippen LogP contribution in [-0.2, 0) is 11.3 Å². The average molecular weight is 309 g/mol. The number of likely N-dealkylation sites (tertiary alicyclic amines) is 1. The highest BCUT2D eigenvalue weighted by molar-refractivity contribution is 5.85. The number of nitrogens with one attached hydrogen (secondary N) is 1. The van der Waals surface area contributed by atoms with Crippen LogP contribution in [0.2, 0.25) is 0 Å². The minimum absolute atomic E-state index is 0. The molecule has 1 aromatic carbocycles. The first-order chi connectivity index (χ1) is 9.76. The van der Waals surface area contributed by atoms with E-state index in [0.717, 1.165) is 36.8 Å². The predicted octanol–water partition coefficient (Wildman–Crippen LogP) is 1.67. The van der Waals surface area contributed by atoms with Crippen LogP contribution in [0.3, 0.4) is 0 Å². The minimum Gasteiger partial charge on any atom is -0.340 e. The van der Waals surface area contributed by atoms with Crippen molar-refractivity contribution in [1.82, 2.24) is 20.0 Å². The molecule has 5 nitrogen and oxygen atoms in total. The fourth-order valence-corrected chi connectivity index (χ4v) is 2.77. The summed E-state index contributed by atoms with van der Waals surface area (Å²) >= 11 is 0. The Balaban J connectivity index is 0.00000161. The van der Waals surface area contributed by atoms with E-state index in [1.54, 1.807) is 4.68 Å². The van der Waals surface area contributed by atoms with Crippen LogP contribution < -0.4 is 5.32 Å². The lowest BCUT2D eigenvalue weighted by Crippen LogP contribution is -2.47. The highest BCUT2D eigenvalue weighted by Gasteiger charge is 2.22. The zero-order valence-corrected chi connectivity index (χ0v) is 13.0. The molecular weight excluding hydrogens is 288 g/mol. The lowest BCUT2D eigenvalue weighted by atomic mass is 10.1. The summed E-state index contributed by atoms with van der Waals surface area (Å²) in [5, 5.41) is 8.77. The number of fused-ring (bicyclic) bond motifs is 1. The van der Waals surface area contributed by atoms with Gasteiger partial charge in [-0.25, -0.2) is 0 Å².